The van der Waals surface area contributed by atoms with Crippen LogP contribution in [0.3, 0.4) is 0 Å². The molecule has 1 atom stereocenters. The van der Waals surface area contributed by atoms with Crippen molar-refractivity contribution < 1.29 is 33.8 Å². The van der Waals surface area contributed by atoms with Gasteiger partial charge in [0.15, 0.2) is 6.10 Å². The second-order valence-corrected chi connectivity index (χ2v) is 15.1. The number of aromatic hydroxyl groups is 1. The summed E-state index contributed by atoms with van der Waals surface area (Å²) < 4.78 is 11.1. The molecule has 53 heavy (non-hydrogen) atoms. The van der Waals surface area contributed by atoms with E-state index in [4.69, 9.17) is 17.3 Å². The number of likely N-dealkylation sites (tertiary alicyclic amines) is 3. The summed E-state index contributed by atoms with van der Waals surface area (Å²) in [6.45, 7) is 9.29. The van der Waals surface area contributed by atoms with Gasteiger partial charge < -0.3 is 39.5 Å². The van der Waals surface area contributed by atoms with E-state index in [0.29, 0.717) is 81.6 Å². The van der Waals surface area contributed by atoms with E-state index in [-0.39, 0.29) is 41.6 Å². The molecule has 3 saturated heterocycles. The molecule has 2 N–H and O–H groups in total. The van der Waals surface area contributed by atoms with Crippen molar-refractivity contribution >= 4 is 43.0 Å². The number of nitrogens with one attached hydrogen (secondary N) is 1. The lowest BCUT2D eigenvalue weighted by Gasteiger charge is -2.41. The molecular weight excluding hydrogens is 673 g/mol. The molecule has 2 aromatic carbocycles. The Labute approximate surface area is 314 Å². The van der Waals surface area contributed by atoms with Gasteiger partial charge in [0, 0.05) is 57.4 Å². The van der Waals surface area contributed by atoms with Crippen LogP contribution in [0.25, 0.3) is 0 Å². The van der Waals surface area contributed by atoms with E-state index in [1.54, 1.807) is 24.0 Å². The number of amides is 4. The molecule has 2 radical (unpaired) electrons. The summed E-state index contributed by atoms with van der Waals surface area (Å²) in [6, 6.07) is 11.1. The highest BCUT2D eigenvalue weighted by molar-refractivity contribution is 6.34. The summed E-state index contributed by atoms with van der Waals surface area (Å²) in [5.74, 6) is 0.751. The van der Waals surface area contributed by atoms with Gasteiger partial charge in [-0.15, -0.1) is 0 Å². The number of para-hydroxylation sites is 1. The van der Waals surface area contributed by atoms with Gasteiger partial charge in [-0.3, -0.25) is 9.59 Å². The van der Waals surface area contributed by atoms with Gasteiger partial charge in [-0.25, -0.2) is 9.59 Å². The summed E-state index contributed by atoms with van der Waals surface area (Å²) in [5.41, 5.74) is 3.47. The number of benzene rings is 2. The van der Waals surface area contributed by atoms with Crippen molar-refractivity contribution in [2.24, 2.45) is 11.8 Å². The number of fused-ring (bicyclic) bond motifs is 1. The molecule has 4 aliphatic rings. The molecule has 13 heteroatoms. The molecular formula is C40H54BN5O7. The highest BCUT2D eigenvalue weighted by Crippen LogP contribution is 2.33. The van der Waals surface area contributed by atoms with Crippen LogP contribution in [0.2, 0.25) is 0 Å². The molecule has 3 fully saturated rings. The Bertz CT molecular complexity index is 1590. The van der Waals surface area contributed by atoms with Gasteiger partial charge >= 0.3 is 18.1 Å². The van der Waals surface area contributed by atoms with Gasteiger partial charge in [0.1, 0.15) is 13.6 Å². The van der Waals surface area contributed by atoms with E-state index >= 15 is 0 Å². The van der Waals surface area contributed by atoms with E-state index in [2.05, 4.69) is 10.2 Å². The Kier molecular flexibility index (Phi) is 12.9. The fourth-order valence-electron chi connectivity index (χ4n) is 8.62. The van der Waals surface area contributed by atoms with Gasteiger partial charge in [0.25, 0.3) is 5.91 Å². The van der Waals surface area contributed by atoms with Crippen LogP contribution in [-0.4, -0.2) is 128 Å². The van der Waals surface area contributed by atoms with Gasteiger partial charge in [-0.1, -0.05) is 35.8 Å². The molecule has 0 spiro atoms. The van der Waals surface area contributed by atoms with E-state index in [0.717, 1.165) is 63.0 Å². The molecule has 0 saturated carbocycles. The van der Waals surface area contributed by atoms with Crippen molar-refractivity contribution in [3.05, 3.63) is 53.1 Å². The van der Waals surface area contributed by atoms with Gasteiger partial charge in [-0.05, 0) is 106 Å². The fraction of sp³-hybridized carbons (Fsp3) is 0.600. The number of hydrogen-bond acceptors (Lipinski definition) is 8. The molecule has 6 rings (SSSR count). The van der Waals surface area contributed by atoms with Crippen LogP contribution in [0.5, 0.6) is 5.75 Å². The Morgan fingerprint density at radius 3 is 2.26 bits per heavy atom. The number of carbonyl (C=O) groups is 4. The number of anilines is 1. The molecule has 4 heterocycles. The molecule has 0 aliphatic carbocycles. The molecule has 2 aromatic rings. The van der Waals surface area contributed by atoms with Crippen LogP contribution >= 0.6 is 0 Å². The first kappa shape index (κ1) is 38.5. The zero-order chi connectivity index (χ0) is 37.5. The lowest BCUT2D eigenvalue weighted by molar-refractivity contribution is -0.144. The summed E-state index contributed by atoms with van der Waals surface area (Å²) in [7, 11) is 6.07. The zero-order valence-corrected chi connectivity index (χ0v) is 31.3. The number of rotatable bonds is 10. The van der Waals surface area contributed by atoms with Crippen molar-refractivity contribution in [1.29, 1.82) is 0 Å². The minimum Gasteiger partial charge on any atom is -0.508 e. The number of hydrogen-bond donors (Lipinski definition) is 2. The number of ether oxygens (including phenoxy) is 2. The minimum absolute atomic E-state index is 0.00497. The van der Waals surface area contributed by atoms with Gasteiger partial charge in [0.2, 0.25) is 0 Å². The van der Waals surface area contributed by atoms with Crippen molar-refractivity contribution in [2.45, 2.75) is 83.8 Å². The number of piperidine rings is 3. The zero-order valence-electron chi connectivity index (χ0n) is 31.3. The number of aryl methyl sites for hydroxylation is 1. The third-order valence-electron chi connectivity index (χ3n) is 11.7. The van der Waals surface area contributed by atoms with Crippen LogP contribution in [0.15, 0.2) is 36.4 Å². The maximum absolute atomic E-state index is 14.1. The third-order valence-corrected chi connectivity index (χ3v) is 11.7. The van der Waals surface area contributed by atoms with Crippen LogP contribution in [0.4, 0.5) is 15.3 Å². The van der Waals surface area contributed by atoms with Crippen LogP contribution in [0.1, 0.15) is 68.6 Å². The Morgan fingerprint density at radius 2 is 1.58 bits per heavy atom. The average Bonchev–Trinajstić information content (AvgIpc) is 3.34. The second kappa shape index (κ2) is 17.7. The van der Waals surface area contributed by atoms with E-state index < -0.39 is 12.2 Å². The fourth-order valence-corrected chi connectivity index (χ4v) is 8.62. The lowest BCUT2D eigenvalue weighted by atomic mass is 9.78. The van der Waals surface area contributed by atoms with Crippen molar-refractivity contribution in [3.8, 4) is 5.75 Å². The standard InChI is InChI=1S/C40H54BN5O7/c1-3-52-36(47)15-18-43-16-8-29(9-17-43)30-10-19-44(20-11-30)38(49)35(26-28-24-27(2)37(48)33(41)25-28)53-40(51)45-21-13-32(14-22-45)46-23-12-31-6-4-5-7-34(31)42-39(46)50/h4-7,24-25,29-30,32,35,48H,3,8-23,26H2,1-2H3,(H,42,50)/t35-/m1/s1. The highest BCUT2D eigenvalue weighted by Gasteiger charge is 2.37. The van der Waals surface area contributed by atoms with Gasteiger partial charge in [0.05, 0.1) is 13.0 Å². The summed E-state index contributed by atoms with van der Waals surface area (Å²) in [5, 5.41) is 13.3. The molecule has 12 nitrogen and oxygen atoms in total. The molecule has 284 valence electrons. The summed E-state index contributed by atoms with van der Waals surface area (Å²) in [4.78, 5) is 60.4. The smallest absolute Gasteiger partial charge is 0.410 e. The Balaban J connectivity index is 1.03. The number of carbonyl (C=O) groups excluding carboxylic acids is 4. The van der Waals surface area contributed by atoms with Crippen molar-refractivity contribution in [2.75, 3.05) is 64.3 Å². The van der Waals surface area contributed by atoms with Crippen molar-refractivity contribution in [1.82, 2.24) is 19.6 Å². The van der Waals surface area contributed by atoms with E-state index in [9.17, 15) is 24.3 Å². The van der Waals surface area contributed by atoms with E-state index in [1.165, 1.54) is 0 Å². The normalized spacial score (nSPS) is 20.0. The predicted molar refractivity (Wildman–Crippen MR) is 202 cm³/mol. The first-order valence-electron chi connectivity index (χ1n) is 19.4. The van der Waals surface area contributed by atoms with Crippen LogP contribution in [0, 0.1) is 18.8 Å². The molecule has 0 aromatic heterocycles. The number of phenolic OH excluding ortho intramolecular Hbond substituents is 1. The maximum atomic E-state index is 14.1. The average molecular weight is 728 g/mol. The van der Waals surface area contributed by atoms with Crippen LogP contribution < -0.4 is 10.8 Å². The van der Waals surface area contributed by atoms with Gasteiger partial charge in [-0.2, -0.15) is 0 Å². The molecule has 4 aliphatic heterocycles. The van der Waals surface area contributed by atoms with Crippen LogP contribution in [-0.2, 0) is 31.9 Å². The summed E-state index contributed by atoms with van der Waals surface area (Å²) >= 11 is 0. The second-order valence-electron chi connectivity index (χ2n) is 15.1. The predicted octanol–water partition coefficient (Wildman–Crippen LogP) is 4.00. The third kappa shape index (κ3) is 9.65. The van der Waals surface area contributed by atoms with E-state index in [1.807, 2.05) is 41.0 Å². The highest BCUT2D eigenvalue weighted by atomic mass is 16.6. The topological polar surface area (TPSA) is 132 Å². The Hall–Kier alpha value is -4.26. The number of urea groups is 1. The molecule has 4 amide bonds. The largest absolute Gasteiger partial charge is 0.508 e. The molecule has 0 unspecified atom stereocenters. The maximum Gasteiger partial charge on any atom is 0.410 e. The summed E-state index contributed by atoms with van der Waals surface area (Å²) in [6.07, 6.45) is 4.93. The Morgan fingerprint density at radius 1 is 0.925 bits per heavy atom. The first-order chi connectivity index (χ1) is 25.6. The monoisotopic (exact) mass is 727 g/mol. The SMILES string of the molecule is [B]c1cc(C[C@@H](OC(=O)N2CCC(N3CCc4ccccc4NC3=O)CC2)C(=O)N2CCC(C3CCN(CCC(=O)OCC)CC3)CC2)cc(C)c1O. The number of nitrogens with zero attached hydrogens (tertiary/aromatic N) is 4. The lowest BCUT2D eigenvalue weighted by Crippen LogP contribution is -2.52. The quantitative estimate of drug-likeness (QED) is 0.278. The minimum atomic E-state index is -1.04. The number of esters is 1. The molecule has 0 bridgehead atoms. The first-order valence-corrected chi connectivity index (χ1v) is 19.4. The number of phenols is 1. The van der Waals surface area contributed by atoms with Crippen molar-refractivity contribution in [3.63, 3.8) is 0 Å².